The highest BCUT2D eigenvalue weighted by Crippen LogP contribution is 2.37. The fraction of sp³-hybridized carbons (Fsp3) is 0.360. The zero-order chi connectivity index (χ0) is 44.3. The number of aliphatic hydroxyl groups is 1. The van der Waals surface area contributed by atoms with Gasteiger partial charge in [0.15, 0.2) is 20.0 Å². The Morgan fingerprint density at radius 1 is 0.726 bits per heavy atom. The normalized spacial score (nSPS) is 12.8. The molecule has 0 amide bonds. The van der Waals surface area contributed by atoms with Crippen molar-refractivity contribution in [1.29, 1.82) is 0 Å². The van der Waals surface area contributed by atoms with E-state index in [1.54, 1.807) is 0 Å². The van der Waals surface area contributed by atoms with Gasteiger partial charge in [-0.15, -0.1) is 32.7 Å². The van der Waals surface area contributed by atoms with E-state index >= 15 is 0 Å². The molecule has 2 aliphatic heterocycles. The van der Waals surface area contributed by atoms with Gasteiger partial charge in [0.05, 0.1) is 31.2 Å². The predicted octanol–water partition coefficient (Wildman–Crippen LogP) is 9.81. The van der Waals surface area contributed by atoms with Crippen molar-refractivity contribution in [2.24, 2.45) is 0 Å². The van der Waals surface area contributed by atoms with E-state index in [0.717, 1.165) is 86.8 Å². The van der Waals surface area contributed by atoms with Gasteiger partial charge < -0.3 is 19.0 Å². The Morgan fingerprint density at radius 2 is 1.24 bits per heavy atom. The lowest BCUT2D eigenvalue weighted by atomic mass is 9.93. The number of aliphatic hydroxyl groups excluding tert-OH is 1. The molecule has 62 heavy (non-hydrogen) atoms. The van der Waals surface area contributed by atoms with Gasteiger partial charge in [0, 0.05) is 41.2 Å². The van der Waals surface area contributed by atoms with E-state index in [4.69, 9.17) is 37.0 Å². The van der Waals surface area contributed by atoms with Crippen LogP contribution in [0.15, 0.2) is 84.9 Å². The lowest BCUT2D eigenvalue weighted by molar-refractivity contribution is 0.104. The molecule has 10 nitrogen and oxygen atoms in total. The predicted molar refractivity (Wildman–Crippen MR) is 248 cm³/mol. The molecule has 0 aliphatic carbocycles. The van der Waals surface area contributed by atoms with Crippen molar-refractivity contribution in [2.75, 3.05) is 13.2 Å². The molecular formula is C50H57ClN6O4Si. The molecule has 0 saturated heterocycles. The monoisotopic (exact) mass is 868 g/mol. The summed E-state index contributed by atoms with van der Waals surface area (Å²) in [6, 6.07) is 28.8. The molecule has 4 heterocycles. The van der Waals surface area contributed by atoms with Crippen LogP contribution in [-0.2, 0) is 53.2 Å². The zero-order valence-corrected chi connectivity index (χ0v) is 38.7. The molecule has 0 saturated carbocycles. The van der Waals surface area contributed by atoms with Gasteiger partial charge >= 0.3 is 0 Å². The van der Waals surface area contributed by atoms with Crippen molar-refractivity contribution in [3.05, 3.63) is 152 Å². The Bertz CT molecular complexity index is 2550. The average Bonchev–Trinajstić information content (AvgIpc) is 3.66. The van der Waals surface area contributed by atoms with Crippen LogP contribution in [0.4, 0.5) is 0 Å². The summed E-state index contributed by atoms with van der Waals surface area (Å²) >= 11 is 6.51. The molecule has 6 aromatic rings. The average molecular weight is 870 g/mol. The molecule has 0 spiro atoms. The molecule has 322 valence electrons. The topological polar surface area (TPSA) is 109 Å². The van der Waals surface area contributed by atoms with Gasteiger partial charge in [0.25, 0.3) is 0 Å². The summed E-state index contributed by atoms with van der Waals surface area (Å²) in [5.74, 6) is 12.2. The first-order valence-corrected chi connectivity index (χ1v) is 24.3. The first-order valence-electron chi connectivity index (χ1n) is 21.0. The van der Waals surface area contributed by atoms with Crippen LogP contribution in [0, 0.1) is 38.0 Å². The molecule has 0 radical (unpaired) electrons. The summed E-state index contributed by atoms with van der Waals surface area (Å²) in [5, 5.41) is 27.0. The summed E-state index contributed by atoms with van der Waals surface area (Å²) in [4.78, 5) is 0. The zero-order valence-electron chi connectivity index (χ0n) is 37.0. The number of rotatable bonds is 8. The number of nitrogens with zero attached hydrogens (tertiary/aromatic N) is 6. The summed E-state index contributed by atoms with van der Waals surface area (Å²) in [7, 11) is -1.54. The molecule has 12 heteroatoms. The van der Waals surface area contributed by atoms with Crippen molar-refractivity contribution in [2.45, 2.75) is 105 Å². The van der Waals surface area contributed by atoms with Gasteiger partial charge in [-0.2, -0.15) is 0 Å². The maximum atomic E-state index is 9.05. The third-order valence-corrected chi connectivity index (χ3v) is 16.3. The Labute approximate surface area is 372 Å². The molecule has 0 unspecified atom stereocenters. The van der Waals surface area contributed by atoms with Crippen LogP contribution in [0.5, 0.6) is 0 Å². The molecule has 2 aromatic heterocycles. The smallest absolute Gasteiger partial charge is 0.192 e. The number of hydrogen-bond donors (Lipinski definition) is 1. The maximum absolute atomic E-state index is 9.05. The summed E-state index contributed by atoms with van der Waals surface area (Å²) in [6.45, 7) is 17.8. The summed E-state index contributed by atoms with van der Waals surface area (Å²) in [6.07, 6.45) is 7.90. The van der Waals surface area contributed by atoms with Crippen molar-refractivity contribution >= 4 is 19.9 Å². The molecular weight excluding hydrogens is 812 g/mol. The van der Waals surface area contributed by atoms with Crippen molar-refractivity contribution in [3.63, 3.8) is 0 Å². The standard InChI is InChI=1S/C22H21N3O2.C18H16ClN3O.C10H20OSi/c1-16-23-24-22-15-27-14-20-19(13-17-7-3-2-4-8-17)18(9-5-6-12-26)10-11-21(20)25(16)22;1-12-20-21-18-11-23-10-15-14(9-13-5-3-2-4-6-13)16(19)7-8-17(15)22(12)18;1-7-8-9-11-12(5,6)10(2,3)4/h2-4,7-8,10-11,26H,6,12-15H2,1H3;2-8H,9-11H2,1H3;1H,8-9H2,2-6H3. The van der Waals surface area contributed by atoms with Crippen LogP contribution in [0.25, 0.3) is 11.4 Å². The highest BCUT2D eigenvalue weighted by molar-refractivity contribution is 6.74. The van der Waals surface area contributed by atoms with Crippen molar-refractivity contribution in [1.82, 2.24) is 29.5 Å². The second kappa shape index (κ2) is 21.1. The number of benzene rings is 4. The molecule has 8 rings (SSSR count). The molecule has 0 bridgehead atoms. The third kappa shape index (κ3) is 11.2. The molecule has 4 aromatic carbocycles. The van der Waals surface area contributed by atoms with Crippen molar-refractivity contribution in [3.8, 4) is 35.6 Å². The molecule has 2 aliphatic rings. The van der Waals surface area contributed by atoms with E-state index in [1.807, 2.05) is 62.4 Å². The SMILES string of the molecule is C#CCCO[Si](C)(C)C(C)(C)C.Cc1nnc2n1-c1ccc(C#CCCO)c(Cc3ccccc3)c1COC2.Cc1nnc2n1-c1ccc(Cl)c(Cc3ccccc3)c1COC2. The Kier molecular flexibility index (Phi) is 15.7. The second-order valence-corrected chi connectivity index (χ2v) is 22.0. The van der Waals surface area contributed by atoms with Crippen LogP contribution in [0.1, 0.15) is 95.9 Å². The minimum absolute atomic E-state index is 0.0678. The Morgan fingerprint density at radius 3 is 1.76 bits per heavy atom. The van der Waals surface area contributed by atoms with Gasteiger partial charge in [0.2, 0.25) is 0 Å². The number of aromatic nitrogens is 6. The first kappa shape index (κ1) is 46.1. The number of ether oxygens (including phenoxy) is 2. The van der Waals surface area contributed by atoms with Crippen LogP contribution < -0.4 is 0 Å². The van der Waals surface area contributed by atoms with Gasteiger partial charge in [0.1, 0.15) is 24.9 Å². The Hall–Kier alpha value is -5.37. The van der Waals surface area contributed by atoms with Gasteiger partial charge in [-0.25, -0.2) is 0 Å². The van der Waals surface area contributed by atoms with Gasteiger partial charge in [-0.1, -0.05) is 105 Å². The second-order valence-electron chi connectivity index (χ2n) is 16.8. The van der Waals surface area contributed by atoms with E-state index < -0.39 is 8.32 Å². The third-order valence-electron chi connectivity index (χ3n) is 11.4. The van der Waals surface area contributed by atoms with Gasteiger partial charge in [-0.05, 0) is 91.3 Å². The fourth-order valence-corrected chi connectivity index (χ4v) is 8.38. The first-order chi connectivity index (χ1) is 29.8. The number of hydrogen-bond acceptors (Lipinski definition) is 8. The highest BCUT2D eigenvalue weighted by Gasteiger charge is 2.36. The lowest BCUT2D eigenvalue weighted by Gasteiger charge is -2.35. The quantitative estimate of drug-likeness (QED) is 0.0916. The minimum Gasteiger partial charge on any atom is -0.416 e. The van der Waals surface area contributed by atoms with Crippen LogP contribution in [0.3, 0.4) is 0 Å². The lowest BCUT2D eigenvalue weighted by Crippen LogP contribution is -2.40. The van der Waals surface area contributed by atoms with E-state index in [9.17, 15) is 0 Å². The highest BCUT2D eigenvalue weighted by atomic mass is 35.5. The number of terminal acetylenes is 1. The van der Waals surface area contributed by atoms with Crippen LogP contribution in [-0.4, -0.2) is 56.2 Å². The Balaban J connectivity index is 0.000000167. The number of aryl methyl sites for hydroxylation is 2. The number of halogens is 1. The summed E-state index contributed by atoms with van der Waals surface area (Å²) in [5.41, 5.74) is 10.1. The molecule has 0 atom stereocenters. The number of fused-ring (bicyclic) bond motifs is 6. The van der Waals surface area contributed by atoms with E-state index in [2.05, 4.69) is 118 Å². The van der Waals surface area contributed by atoms with E-state index in [-0.39, 0.29) is 6.61 Å². The van der Waals surface area contributed by atoms with Crippen LogP contribution in [0.2, 0.25) is 23.2 Å². The van der Waals surface area contributed by atoms with E-state index in [1.165, 1.54) is 11.1 Å². The summed E-state index contributed by atoms with van der Waals surface area (Å²) < 4.78 is 21.7. The van der Waals surface area contributed by atoms with Gasteiger partial charge in [-0.3, -0.25) is 9.13 Å². The molecule has 0 fully saturated rings. The van der Waals surface area contributed by atoms with Crippen molar-refractivity contribution < 1.29 is 19.0 Å². The minimum atomic E-state index is -1.54. The maximum Gasteiger partial charge on any atom is 0.192 e. The molecule has 1 N–H and O–H groups in total. The largest absolute Gasteiger partial charge is 0.416 e. The fourth-order valence-electron chi connectivity index (χ4n) is 7.09. The van der Waals surface area contributed by atoms with Crippen LogP contribution >= 0.6 is 11.6 Å². The van der Waals surface area contributed by atoms with E-state index in [0.29, 0.717) is 44.5 Å².